The zero-order valence-corrected chi connectivity index (χ0v) is 11.4. The van der Waals surface area contributed by atoms with Crippen LogP contribution in [0.2, 0.25) is 0 Å². The maximum atomic E-state index is 5.69. The summed E-state index contributed by atoms with van der Waals surface area (Å²) in [6, 6.07) is 6.11. The summed E-state index contributed by atoms with van der Waals surface area (Å²) in [5.41, 5.74) is 4.00. The van der Waals surface area contributed by atoms with Gasteiger partial charge >= 0.3 is 6.01 Å². The quantitative estimate of drug-likeness (QED) is 0.763. The Balaban J connectivity index is 1.64. The van der Waals surface area contributed by atoms with E-state index in [1.165, 1.54) is 11.1 Å². The van der Waals surface area contributed by atoms with Gasteiger partial charge in [0, 0.05) is 18.3 Å². The van der Waals surface area contributed by atoms with Crippen molar-refractivity contribution in [2.75, 3.05) is 6.54 Å². The van der Waals surface area contributed by atoms with Crippen molar-refractivity contribution >= 4 is 5.65 Å². The second-order valence-corrected chi connectivity index (χ2v) is 4.90. The Hall–Kier alpha value is -2.54. The Morgan fingerprint density at radius 2 is 2.29 bits per heavy atom. The molecule has 0 saturated heterocycles. The molecule has 0 saturated carbocycles. The van der Waals surface area contributed by atoms with E-state index < -0.39 is 0 Å². The summed E-state index contributed by atoms with van der Waals surface area (Å²) in [7, 11) is 0. The Morgan fingerprint density at radius 1 is 1.29 bits per heavy atom. The van der Waals surface area contributed by atoms with Crippen LogP contribution in [0.15, 0.2) is 30.6 Å². The van der Waals surface area contributed by atoms with Crippen molar-refractivity contribution in [2.45, 2.75) is 19.6 Å². The number of nitrogens with one attached hydrogen (secondary N) is 1. The molecule has 1 aliphatic heterocycles. The summed E-state index contributed by atoms with van der Waals surface area (Å²) in [6.45, 7) is 2.13. The highest BCUT2D eigenvalue weighted by atomic mass is 16.5. The molecule has 3 aromatic heterocycles. The van der Waals surface area contributed by atoms with Gasteiger partial charge in [-0.2, -0.15) is 9.61 Å². The molecule has 106 valence electrons. The van der Waals surface area contributed by atoms with Gasteiger partial charge < -0.3 is 10.1 Å². The van der Waals surface area contributed by atoms with Gasteiger partial charge in [0.1, 0.15) is 6.61 Å². The number of rotatable bonds is 3. The lowest BCUT2D eigenvalue weighted by Gasteiger charge is -2.16. The Kier molecular flexibility index (Phi) is 2.97. The molecule has 7 nitrogen and oxygen atoms in total. The fourth-order valence-electron chi connectivity index (χ4n) is 2.48. The Bertz CT molecular complexity index is 770. The zero-order chi connectivity index (χ0) is 14.1. The monoisotopic (exact) mass is 282 g/mol. The third-order valence-electron chi connectivity index (χ3n) is 3.54. The van der Waals surface area contributed by atoms with Crippen molar-refractivity contribution in [3.8, 4) is 6.01 Å². The molecule has 4 rings (SSSR count). The van der Waals surface area contributed by atoms with Crippen LogP contribution in [0.5, 0.6) is 6.01 Å². The fraction of sp³-hybridized carbons (Fsp3) is 0.286. The van der Waals surface area contributed by atoms with E-state index in [1.807, 2.05) is 24.4 Å². The van der Waals surface area contributed by atoms with Gasteiger partial charge in [-0.05, 0) is 30.7 Å². The van der Waals surface area contributed by atoms with E-state index in [0.29, 0.717) is 12.6 Å². The fourth-order valence-corrected chi connectivity index (χ4v) is 2.48. The Labute approximate surface area is 121 Å². The highest BCUT2D eigenvalue weighted by Gasteiger charge is 2.17. The molecule has 1 N–H and O–H groups in total. The maximum Gasteiger partial charge on any atom is 0.339 e. The molecule has 0 atom stereocenters. The summed E-state index contributed by atoms with van der Waals surface area (Å²) in [6.07, 6.45) is 4.52. The van der Waals surface area contributed by atoms with Crippen LogP contribution in [0.4, 0.5) is 0 Å². The van der Waals surface area contributed by atoms with Crippen LogP contribution in [0.25, 0.3) is 5.65 Å². The topological polar surface area (TPSA) is 77.2 Å². The summed E-state index contributed by atoms with van der Waals surface area (Å²) in [5, 5.41) is 16.0. The lowest BCUT2D eigenvalue weighted by atomic mass is 10.1. The molecule has 0 unspecified atom stereocenters. The number of hydrogen-bond acceptors (Lipinski definition) is 6. The normalized spacial score (nSPS) is 14.1. The second kappa shape index (κ2) is 5.10. The number of nitrogens with zero attached hydrogens (tertiary/aromatic N) is 5. The molecule has 21 heavy (non-hydrogen) atoms. The molecule has 0 fully saturated rings. The molecule has 0 amide bonds. The highest BCUT2D eigenvalue weighted by Crippen LogP contribution is 2.20. The molecule has 0 aromatic carbocycles. The van der Waals surface area contributed by atoms with Crippen molar-refractivity contribution < 1.29 is 4.74 Å². The number of hydrogen-bond donors (Lipinski definition) is 1. The highest BCUT2D eigenvalue weighted by molar-refractivity contribution is 5.51. The van der Waals surface area contributed by atoms with Crippen LogP contribution in [0.3, 0.4) is 0 Å². The molecule has 0 radical (unpaired) electrons. The summed E-state index contributed by atoms with van der Waals surface area (Å²) >= 11 is 0. The first-order valence-electron chi connectivity index (χ1n) is 6.87. The van der Waals surface area contributed by atoms with E-state index in [4.69, 9.17) is 4.74 Å². The summed E-state index contributed by atoms with van der Waals surface area (Å²) < 4.78 is 7.34. The maximum absolute atomic E-state index is 5.69. The van der Waals surface area contributed by atoms with Gasteiger partial charge in [0.25, 0.3) is 0 Å². The number of aromatic nitrogens is 5. The van der Waals surface area contributed by atoms with Crippen LogP contribution >= 0.6 is 0 Å². The second-order valence-electron chi connectivity index (χ2n) is 4.90. The van der Waals surface area contributed by atoms with Gasteiger partial charge in [0.05, 0.1) is 11.9 Å². The molecule has 7 heteroatoms. The van der Waals surface area contributed by atoms with Crippen LogP contribution in [-0.2, 0) is 19.6 Å². The van der Waals surface area contributed by atoms with Crippen LogP contribution < -0.4 is 10.1 Å². The van der Waals surface area contributed by atoms with Crippen LogP contribution in [0, 0.1) is 0 Å². The van der Waals surface area contributed by atoms with Gasteiger partial charge in [0.15, 0.2) is 5.65 Å². The van der Waals surface area contributed by atoms with Gasteiger partial charge in [-0.15, -0.1) is 5.10 Å². The minimum absolute atomic E-state index is 0.349. The van der Waals surface area contributed by atoms with Crippen LogP contribution in [0.1, 0.15) is 16.8 Å². The van der Waals surface area contributed by atoms with Crippen molar-refractivity contribution in [1.82, 2.24) is 30.1 Å². The largest absolute Gasteiger partial charge is 0.456 e. The zero-order valence-electron chi connectivity index (χ0n) is 11.4. The smallest absolute Gasteiger partial charge is 0.339 e. The van der Waals surface area contributed by atoms with E-state index in [-0.39, 0.29) is 0 Å². The van der Waals surface area contributed by atoms with Gasteiger partial charge in [-0.1, -0.05) is 11.2 Å². The van der Waals surface area contributed by atoms with Crippen LogP contribution in [-0.4, -0.2) is 31.3 Å². The third-order valence-corrected chi connectivity index (χ3v) is 3.54. The average Bonchev–Trinajstić information content (AvgIpc) is 2.97. The lowest BCUT2D eigenvalue weighted by molar-refractivity contribution is 0.269. The first-order valence-corrected chi connectivity index (χ1v) is 6.87. The molecule has 3 aromatic rings. The number of pyridine rings is 1. The third kappa shape index (κ3) is 2.21. The Morgan fingerprint density at radius 3 is 3.19 bits per heavy atom. The first-order chi connectivity index (χ1) is 10.4. The van der Waals surface area contributed by atoms with E-state index in [9.17, 15) is 0 Å². The van der Waals surface area contributed by atoms with Gasteiger partial charge in [-0.25, -0.2) is 0 Å². The minimum atomic E-state index is 0.349. The van der Waals surface area contributed by atoms with E-state index in [2.05, 4.69) is 25.6 Å². The molecule has 1 aliphatic rings. The summed E-state index contributed by atoms with van der Waals surface area (Å²) in [4.78, 5) is 4.22. The van der Waals surface area contributed by atoms with E-state index in [1.54, 1.807) is 10.7 Å². The van der Waals surface area contributed by atoms with E-state index in [0.717, 1.165) is 30.9 Å². The van der Waals surface area contributed by atoms with E-state index >= 15 is 0 Å². The van der Waals surface area contributed by atoms with Crippen molar-refractivity contribution in [3.05, 3.63) is 47.4 Å². The molecular weight excluding hydrogens is 268 g/mol. The molecule has 0 aliphatic carbocycles. The average molecular weight is 282 g/mol. The molecule has 4 heterocycles. The van der Waals surface area contributed by atoms with Crippen molar-refractivity contribution in [3.63, 3.8) is 0 Å². The van der Waals surface area contributed by atoms with Gasteiger partial charge in [-0.3, -0.25) is 4.98 Å². The lowest BCUT2D eigenvalue weighted by Crippen LogP contribution is -2.24. The standard InChI is InChI=1S/C14H14N6O/c1-2-5-16-11(3-1)9-21-14-19-18-13-12-4-6-15-7-10(12)8-17-20(13)14/h1-3,5,8,15H,4,6-7,9H2. The predicted molar refractivity (Wildman–Crippen MR) is 74.8 cm³/mol. The molecule has 0 bridgehead atoms. The number of ether oxygens (including phenoxy) is 1. The van der Waals surface area contributed by atoms with Crippen molar-refractivity contribution in [2.24, 2.45) is 0 Å². The summed E-state index contributed by atoms with van der Waals surface area (Å²) in [5.74, 6) is 0. The molecular formula is C14H14N6O. The number of fused-ring (bicyclic) bond motifs is 3. The minimum Gasteiger partial charge on any atom is -0.456 e. The molecule has 0 spiro atoms. The predicted octanol–water partition coefficient (Wildman–Crippen LogP) is 0.744. The van der Waals surface area contributed by atoms with Gasteiger partial charge in [0.2, 0.25) is 0 Å². The van der Waals surface area contributed by atoms with Crippen molar-refractivity contribution in [1.29, 1.82) is 0 Å². The SMILES string of the molecule is c1ccc(COc2nnc3c4c(cnn23)CNCC4)nc1. The first kappa shape index (κ1) is 12.2.